The molecule has 1 fully saturated rings. The first-order valence-corrected chi connectivity index (χ1v) is 9.98. The standard InChI is InChI=1S/C23H29N3O2/c1-5-28-22(27)17-12-13-21(24-25-26-14-8-9-15-26)19(16-17)18-10-6-7-11-20(18)23(2,3)4/h6-7,10-13,16H,5,8-9,14-15H2,1-4H3. The lowest BCUT2D eigenvalue weighted by Crippen LogP contribution is -2.13. The molecule has 0 saturated carbocycles. The Balaban J connectivity index is 2.10. The van der Waals surface area contributed by atoms with Gasteiger partial charge in [-0.25, -0.2) is 4.79 Å². The van der Waals surface area contributed by atoms with E-state index in [0.29, 0.717) is 12.2 Å². The second kappa shape index (κ2) is 8.55. The topological polar surface area (TPSA) is 54.3 Å². The summed E-state index contributed by atoms with van der Waals surface area (Å²) in [6, 6.07) is 13.8. The molecule has 0 N–H and O–H groups in total. The van der Waals surface area contributed by atoms with Crippen molar-refractivity contribution >= 4 is 11.7 Å². The first-order chi connectivity index (χ1) is 13.4. The maximum atomic E-state index is 12.3. The van der Waals surface area contributed by atoms with E-state index in [4.69, 9.17) is 4.74 Å². The summed E-state index contributed by atoms with van der Waals surface area (Å²) >= 11 is 0. The van der Waals surface area contributed by atoms with Crippen LogP contribution in [0.4, 0.5) is 5.69 Å². The van der Waals surface area contributed by atoms with Gasteiger partial charge in [0.15, 0.2) is 0 Å². The van der Waals surface area contributed by atoms with Crippen molar-refractivity contribution in [3.8, 4) is 11.1 Å². The fraction of sp³-hybridized carbons (Fsp3) is 0.435. The Labute approximate surface area is 167 Å². The van der Waals surface area contributed by atoms with Gasteiger partial charge in [-0.3, -0.25) is 5.01 Å². The first-order valence-electron chi connectivity index (χ1n) is 9.98. The van der Waals surface area contributed by atoms with Crippen LogP contribution in [-0.4, -0.2) is 30.7 Å². The molecule has 0 atom stereocenters. The second-order valence-corrected chi connectivity index (χ2v) is 8.10. The van der Waals surface area contributed by atoms with Crippen molar-refractivity contribution in [2.75, 3.05) is 19.7 Å². The Hall–Kier alpha value is -2.69. The van der Waals surface area contributed by atoms with Gasteiger partial charge in [0.25, 0.3) is 0 Å². The van der Waals surface area contributed by atoms with Gasteiger partial charge in [0.2, 0.25) is 0 Å². The fourth-order valence-corrected chi connectivity index (χ4v) is 3.45. The molecule has 1 heterocycles. The minimum atomic E-state index is -0.319. The highest BCUT2D eigenvalue weighted by molar-refractivity contribution is 5.93. The smallest absolute Gasteiger partial charge is 0.338 e. The van der Waals surface area contributed by atoms with Gasteiger partial charge >= 0.3 is 5.97 Å². The van der Waals surface area contributed by atoms with Gasteiger partial charge in [0.05, 0.1) is 17.9 Å². The molecular formula is C23H29N3O2. The van der Waals surface area contributed by atoms with E-state index < -0.39 is 0 Å². The van der Waals surface area contributed by atoms with Gasteiger partial charge in [0, 0.05) is 18.7 Å². The van der Waals surface area contributed by atoms with Crippen molar-refractivity contribution in [3.05, 3.63) is 53.6 Å². The van der Waals surface area contributed by atoms with E-state index in [1.165, 1.54) is 5.56 Å². The molecule has 3 rings (SSSR count). The molecule has 0 aromatic heterocycles. The predicted octanol–water partition coefficient (Wildman–Crippen LogP) is 5.92. The molecule has 28 heavy (non-hydrogen) atoms. The zero-order chi connectivity index (χ0) is 20.1. The van der Waals surface area contributed by atoms with Gasteiger partial charge < -0.3 is 4.74 Å². The normalized spacial score (nSPS) is 14.6. The van der Waals surface area contributed by atoms with Gasteiger partial charge in [0.1, 0.15) is 0 Å². The van der Waals surface area contributed by atoms with Gasteiger partial charge in [-0.2, -0.15) is 0 Å². The lowest BCUT2D eigenvalue weighted by molar-refractivity contribution is 0.0526. The Kier molecular flexibility index (Phi) is 6.12. The molecule has 148 valence electrons. The largest absolute Gasteiger partial charge is 0.462 e. The fourth-order valence-electron chi connectivity index (χ4n) is 3.45. The maximum Gasteiger partial charge on any atom is 0.338 e. The molecule has 5 nitrogen and oxygen atoms in total. The molecule has 2 aromatic carbocycles. The molecule has 0 spiro atoms. The molecule has 5 heteroatoms. The molecular weight excluding hydrogens is 350 g/mol. The Bertz CT molecular complexity index is 862. The third kappa shape index (κ3) is 4.58. The molecule has 1 aliphatic rings. The molecule has 0 radical (unpaired) electrons. The summed E-state index contributed by atoms with van der Waals surface area (Å²) in [4.78, 5) is 12.3. The van der Waals surface area contributed by atoms with Crippen molar-refractivity contribution in [1.29, 1.82) is 0 Å². The monoisotopic (exact) mass is 379 g/mol. The lowest BCUT2D eigenvalue weighted by Gasteiger charge is -2.23. The molecule has 1 aliphatic heterocycles. The average molecular weight is 380 g/mol. The number of carbonyl (C=O) groups excluding carboxylic acids is 1. The van der Waals surface area contributed by atoms with E-state index in [-0.39, 0.29) is 11.4 Å². The first kappa shape index (κ1) is 20.1. The summed E-state index contributed by atoms with van der Waals surface area (Å²) in [5, 5.41) is 11.0. The molecule has 2 aromatic rings. The van der Waals surface area contributed by atoms with E-state index in [1.807, 2.05) is 36.2 Å². The number of esters is 1. The molecule has 0 bridgehead atoms. The van der Waals surface area contributed by atoms with Crippen LogP contribution in [0.5, 0.6) is 0 Å². The van der Waals surface area contributed by atoms with E-state index in [2.05, 4.69) is 43.2 Å². The van der Waals surface area contributed by atoms with Crippen LogP contribution in [0, 0.1) is 0 Å². The average Bonchev–Trinajstić information content (AvgIpc) is 3.19. The number of hydrogen-bond donors (Lipinski definition) is 0. The number of rotatable bonds is 5. The SMILES string of the molecule is CCOC(=O)c1ccc(N=NN2CCCC2)c(-c2ccccc2C(C)(C)C)c1. The van der Waals surface area contributed by atoms with Gasteiger partial charge in [-0.15, -0.1) is 5.11 Å². The van der Waals surface area contributed by atoms with Crippen LogP contribution >= 0.6 is 0 Å². The highest BCUT2D eigenvalue weighted by atomic mass is 16.5. The van der Waals surface area contributed by atoms with Crippen LogP contribution in [0.1, 0.15) is 56.5 Å². The van der Waals surface area contributed by atoms with Crippen LogP contribution in [0.15, 0.2) is 52.8 Å². The summed E-state index contributed by atoms with van der Waals surface area (Å²) in [6.07, 6.45) is 2.31. The van der Waals surface area contributed by atoms with Crippen molar-refractivity contribution in [2.45, 2.75) is 46.0 Å². The van der Waals surface area contributed by atoms with Crippen LogP contribution in [0.3, 0.4) is 0 Å². The zero-order valence-electron chi connectivity index (χ0n) is 17.2. The predicted molar refractivity (Wildman–Crippen MR) is 112 cm³/mol. The van der Waals surface area contributed by atoms with Crippen LogP contribution in [0.25, 0.3) is 11.1 Å². The lowest BCUT2D eigenvalue weighted by atomic mass is 9.81. The Morgan fingerprint density at radius 1 is 1.07 bits per heavy atom. The minimum absolute atomic E-state index is 0.0418. The van der Waals surface area contributed by atoms with E-state index in [1.54, 1.807) is 6.07 Å². The second-order valence-electron chi connectivity index (χ2n) is 8.10. The minimum Gasteiger partial charge on any atom is -0.462 e. The Morgan fingerprint density at radius 3 is 2.46 bits per heavy atom. The van der Waals surface area contributed by atoms with E-state index in [0.717, 1.165) is 42.7 Å². The van der Waals surface area contributed by atoms with Crippen molar-refractivity contribution < 1.29 is 9.53 Å². The number of hydrogen-bond acceptors (Lipinski definition) is 4. The molecule has 0 aliphatic carbocycles. The number of ether oxygens (including phenoxy) is 1. The van der Waals surface area contributed by atoms with Crippen LogP contribution < -0.4 is 0 Å². The third-order valence-electron chi connectivity index (χ3n) is 4.89. The molecule has 1 saturated heterocycles. The summed E-state index contributed by atoms with van der Waals surface area (Å²) < 4.78 is 5.20. The molecule has 0 unspecified atom stereocenters. The van der Waals surface area contributed by atoms with E-state index in [9.17, 15) is 4.79 Å². The van der Waals surface area contributed by atoms with Crippen molar-refractivity contribution in [1.82, 2.24) is 5.01 Å². The van der Waals surface area contributed by atoms with Gasteiger partial charge in [-0.05, 0) is 54.5 Å². The zero-order valence-corrected chi connectivity index (χ0v) is 17.2. The van der Waals surface area contributed by atoms with Crippen LogP contribution in [-0.2, 0) is 10.2 Å². The summed E-state index contributed by atoms with van der Waals surface area (Å²) in [5.41, 5.74) is 4.42. The van der Waals surface area contributed by atoms with Crippen molar-refractivity contribution in [3.63, 3.8) is 0 Å². The summed E-state index contributed by atoms with van der Waals surface area (Å²) in [7, 11) is 0. The number of carbonyl (C=O) groups is 1. The Morgan fingerprint density at radius 2 is 1.79 bits per heavy atom. The van der Waals surface area contributed by atoms with Gasteiger partial charge in [-0.1, -0.05) is 50.3 Å². The van der Waals surface area contributed by atoms with Crippen molar-refractivity contribution in [2.24, 2.45) is 10.3 Å². The number of nitrogens with zero attached hydrogens (tertiary/aromatic N) is 3. The van der Waals surface area contributed by atoms with Crippen LogP contribution in [0.2, 0.25) is 0 Å². The third-order valence-corrected chi connectivity index (χ3v) is 4.89. The molecule has 0 amide bonds. The number of benzene rings is 2. The summed E-state index contributed by atoms with van der Waals surface area (Å²) in [6.45, 7) is 10.6. The quantitative estimate of drug-likeness (QED) is 0.478. The maximum absolute atomic E-state index is 12.3. The summed E-state index contributed by atoms with van der Waals surface area (Å²) in [5.74, 6) is -0.319. The van der Waals surface area contributed by atoms with E-state index >= 15 is 0 Å². The highest BCUT2D eigenvalue weighted by Gasteiger charge is 2.21. The highest BCUT2D eigenvalue weighted by Crippen LogP contribution is 2.38.